The zero-order valence-corrected chi connectivity index (χ0v) is 12.2. The Bertz CT molecular complexity index is 707. The van der Waals surface area contributed by atoms with Gasteiger partial charge >= 0.3 is 0 Å². The molecule has 2 aromatic heterocycles. The molecular formula is C13H17N3O3S. The van der Waals surface area contributed by atoms with E-state index in [-0.39, 0.29) is 18.0 Å². The van der Waals surface area contributed by atoms with Crippen molar-refractivity contribution in [3.05, 3.63) is 47.2 Å². The first kappa shape index (κ1) is 14.7. The lowest BCUT2D eigenvalue weighted by atomic mass is 10.2. The smallest absolute Gasteiger partial charge is 0.244 e. The third-order valence-corrected chi connectivity index (χ3v) is 4.47. The first-order valence-corrected chi connectivity index (χ1v) is 7.62. The van der Waals surface area contributed by atoms with Gasteiger partial charge < -0.3 is 10.2 Å². The Balaban J connectivity index is 2.19. The second kappa shape index (κ2) is 5.74. The van der Waals surface area contributed by atoms with Crippen LogP contribution >= 0.6 is 0 Å². The van der Waals surface area contributed by atoms with Crippen LogP contribution in [0.3, 0.4) is 0 Å². The Morgan fingerprint density at radius 2 is 2.15 bits per heavy atom. The van der Waals surface area contributed by atoms with E-state index in [0.29, 0.717) is 17.2 Å². The molecule has 0 aromatic carbocycles. The topological polar surface area (TPSA) is 98.2 Å². The molecule has 2 aromatic rings. The van der Waals surface area contributed by atoms with E-state index in [1.165, 1.54) is 6.07 Å². The van der Waals surface area contributed by atoms with Crippen LogP contribution in [0.2, 0.25) is 0 Å². The van der Waals surface area contributed by atoms with Gasteiger partial charge in [0.25, 0.3) is 0 Å². The van der Waals surface area contributed by atoms with Crippen LogP contribution in [0, 0.1) is 13.8 Å². The molecule has 0 aliphatic carbocycles. The molecule has 0 saturated heterocycles. The second-order valence-corrected chi connectivity index (χ2v) is 6.16. The van der Waals surface area contributed by atoms with E-state index in [9.17, 15) is 8.42 Å². The number of aryl methyl sites for hydroxylation is 2. The molecule has 2 rings (SSSR count). The Morgan fingerprint density at radius 3 is 2.75 bits per heavy atom. The van der Waals surface area contributed by atoms with Crippen molar-refractivity contribution in [2.75, 3.05) is 0 Å². The summed E-state index contributed by atoms with van der Waals surface area (Å²) in [6.45, 7) is 3.78. The first-order chi connectivity index (χ1) is 9.44. The van der Waals surface area contributed by atoms with Crippen molar-refractivity contribution in [3.63, 3.8) is 0 Å². The average molecular weight is 295 g/mol. The van der Waals surface area contributed by atoms with Crippen molar-refractivity contribution in [2.45, 2.75) is 31.8 Å². The maximum atomic E-state index is 12.2. The lowest BCUT2D eigenvalue weighted by molar-refractivity contribution is 0.478. The van der Waals surface area contributed by atoms with Crippen molar-refractivity contribution in [1.29, 1.82) is 0 Å². The summed E-state index contributed by atoms with van der Waals surface area (Å²) in [5.41, 5.74) is 7.06. The van der Waals surface area contributed by atoms with Gasteiger partial charge in [-0.05, 0) is 25.5 Å². The van der Waals surface area contributed by atoms with Gasteiger partial charge in [-0.25, -0.2) is 13.1 Å². The van der Waals surface area contributed by atoms with Crippen molar-refractivity contribution >= 4 is 10.0 Å². The predicted molar refractivity (Wildman–Crippen MR) is 74.3 cm³/mol. The van der Waals surface area contributed by atoms with Gasteiger partial charge in [0, 0.05) is 12.3 Å². The zero-order chi connectivity index (χ0) is 14.8. The number of aromatic nitrogens is 1. The van der Waals surface area contributed by atoms with Gasteiger partial charge in [-0.1, -0.05) is 6.07 Å². The van der Waals surface area contributed by atoms with E-state index in [4.69, 9.17) is 10.2 Å². The maximum absolute atomic E-state index is 12.2. The third-order valence-electron chi connectivity index (χ3n) is 2.96. The van der Waals surface area contributed by atoms with Crippen molar-refractivity contribution in [3.8, 4) is 0 Å². The summed E-state index contributed by atoms with van der Waals surface area (Å²) in [7, 11) is -3.63. The number of hydrogen-bond donors (Lipinski definition) is 2. The molecule has 6 nitrogen and oxygen atoms in total. The summed E-state index contributed by atoms with van der Waals surface area (Å²) in [5.74, 6) is 0.771. The van der Waals surface area contributed by atoms with E-state index < -0.39 is 10.0 Å². The lowest BCUT2D eigenvalue weighted by Crippen LogP contribution is -2.24. The highest BCUT2D eigenvalue weighted by molar-refractivity contribution is 7.89. The number of nitrogens with two attached hydrogens (primary N) is 1. The highest BCUT2D eigenvalue weighted by Crippen LogP contribution is 2.19. The third kappa shape index (κ3) is 3.06. The molecule has 0 amide bonds. The number of furan rings is 1. The van der Waals surface area contributed by atoms with E-state index in [1.807, 2.05) is 13.0 Å². The minimum absolute atomic E-state index is 0.117. The summed E-state index contributed by atoms with van der Waals surface area (Å²) in [5, 5.41) is 0. The van der Waals surface area contributed by atoms with E-state index in [2.05, 4.69) is 9.71 Å². The first-order valence-electron chi connectivity index (χ1n) is 6.13. The van der Waals surface area contributed by atoms with Crippen molar-refractivity contribution in [1.82, 2.24) is 9.71 Å². The minimum Gasteiger partial charge on any atom is -0.464 e. The standard InChI is InChI=1S/C13H17N3O3S/c1-9-4-3-5-15-12(9)8-16-20(17,18)13-6-11(7-14)19-10(13)2/h3-6,16H,7-8,14H2,1-2H3. The molecule has 0 fully saturated rings. The van der Waals surface area contributed by atoms with Crippen LogP contribution in [0.25, 0.3) is 0 Å². The van der Waals surface area contributed by atoms with Gasteiger partial charge in [0.2, 0.25) is 10.0 Å². The minimum atomic E-state index is -3.63. The van der Waals surface area contributed by atoms with Crippen LogP contribution in [0.5, 0.6) is 0 Å². The molecule has 0 atom stereocenters. The highest BCUT2D eigenvalue weighted by atomic mass is 32.2. The second-order valence-electron chi connectivity index (χ2n) is 4.43. The molecule has 0 aliphatic rings. The Morgan fingerprint density at radius 1 is 1.40 bits per heavy atom. The molecule has 0 unspecified atom stereocenters. The summed E-state index contributed by atoms with van der Waals surface area (Å²) < 4.78 is 32.2. The fourth-order valence-corrected chi connectivity index (χ4v) is 3.03. The molecule has 108 valence electrons. The molecule has 7 heteroatoms. The van der Waals surface area contributed by atoms with Crippen LogP contribution in [0.1, 0.15) is 22.8 Å². The highest BCUT2D eigenvalue weighted by Gasteiger charge is 2.21. The number of hydrogen-bond acceptors (Lipinski definition) is 5. The molecular weight excluding hydrogens is 278 g/mol. The number of sulfonamides is 1. The van der Waals surface area contributed by atoms with Crippen LogP contribution in [0.15, 0.2) is 33.7 Å². The summed E-state index contributed by atoms with van der Waals surface area (Å²) in [4.78, 5) is 4.27. The number of nitrogens with one attached hydrogen (secondary N) is 1. The van der Waals surface area contributed by atoms with E-state index >= 15 is 0 Å². The van der Waals surface area contributed by atoms with E-state index in [0.717, 1.165) is 5.56 Å². The predicted octanol–water partition coefficient (Wildman–Crippen LogP) is 1.23. The van der Waals surface area contributed by atoms with Gasteiger partial charge in [-0.2, -0.15) is 0 Å². The molecule has 0 radical (unpaired) electrons. The van der Waals surface area contributed by atoms with Crippen LogP contribution in [-0.2, 0) is 23.1 Å². The molecule has 0 bridgehead atoms. The van der Waals surface area contributed by atoms with Crippen LogP contribution in [0.4, 0.5) is 0 Å². The maximum Gasteiger partial charge on any atom is 0.244 e. The summed E-state index contributed by atoms with van der Waals surface area (Å²) in [6, 6.07) is 5.14. The number of pyridine rings is 1. The Hall–Kier alpha value is -1.70. The molecule has 0 saturated carbocycles. The molecule has 2 heterocycles. The Labute approximate surface area is 118 Å². The number of nitrogens with zero attached hydrogens (tertiary/aromatic N) is 1. The van der Waals surface area contributed by atoms with Crippen LogP contribution < -0.4 is 10.5 Å². The van der Waals surface area contributed by atoms with E-state index in [1.54, 1.807) is 19.2 Å². The van der Waals surface area contributed by atoms with Gasteiger partial charge in [0.1, 0.15) is 16.4 Å². The quantitative estimate of drug-likeness (QED) is 0.864. The molecule has 0 aliphatic heterocycles. The molecule has 20 heavy (non-hydrogen) atoms. The Kier molecular flexibility index (Phi) is 4.22. The SMILES string of the molecule is Cc1cccnc1CNS(=O)(=O)c1cc(CN)oc1C. The summed E-state index contributed by atoms with van der Waals surface area (Å²) >= 11 is 0. The summed E-state index contributed by atoms with van der Waals surface area (Å²) in [6.07, 6.45) is 1.63. The van der Waals surface area contributed by atoms with Gasteiger partial charge in [-0.3, -0.25) is 4.98 Å². The van der Waals surface area contributed by atoms with Crippen LogP contribution in [-0.4, -0.2) is 13.4 Å². The van der Waals surface area contributed by atoms with Gasteiger partial charge in [0.15, 0.2) is 0 Å². The molecule has 0 spiro atoms. The monoisotopic (exact) mass is 295 g/mol. The zero-order valence-electron chi connectivity index (χ0n) is 11.4. The van der Waals surface area contributed by atoms with Gasteiger partial charge in [-0.15, -0.1) is 0 Å². The number of rotatable bonds is 5. The largest absolute Gasteiger partial charge is 0.464 e. The lowest BCUT2D eigenvalue weighted by Gasteiger charge is -2.07. The fraction of sp³-hybridized carbons (Fsp3) is 0.308. The van der Waals surface area contributed by atoms with Crippen molar-refractivity contribution in [2.24, 2.45) is 5.73 Å². The van der Waals surface area contributed by atoms with Gasteiger partial charge in [0.05, 0.1) is 18.8 Å². The van der Waals surface area contributed by atoms with Crippen molar-refractivity contribution < 1.29 is 12.8 Å². The normalized spacial score (nSPS) is 11.8. The molecule has 3 N–H and O–H groups in total. The average Bonchev–Trinajstić information content (AvgIpc) is 2.80. The fourth-order valence-electron chi connectivity index (χ4n) is 1.84.